The molecule has 31 heavy (non-hydrogen) atoms. The Hall–Kier alpha value is -1.79. The van der Waals surface area contributed by atoms with Gasteiger partial charge in [0.25, 0.3) is 5.56 Å². The van der Waals surface area contributed by atoms with Gasteiger partial charge in [0.15, 0.2) is 5.16 Å². The van der Waals surface area contributed by atoms with Crippen LogP contribution in [0.3, 0.4) is 0 Å². The molecule has 1 aliphatic carbocycles. The van der Waals surface area contributed by atoms with E-state index < -0.39 is 0 Å². The maximum absolute atomic E-state index is 13.8. The van der Waals surface area contributed by atoms with Crippen molar-refractivity contribution < 1.29 is 0 Å². The van der Waals surface area contributed by atoms with Crippen LogP contribution in [0.1, 0.15) is 33.6 Å². The minimum atomic E-state index is 0.0288. The van der Waals surface area contributed by atoms with Crippen LogP contribution in [0.2, 0.25) is 10.0 Å². The van der Waals surface area contributed by atoms with Gasteiger partial charge in [-0.15, -0.1) is 11.3 Å². The Kier molecular flexibility index (Phi) is 5.63. The first-order valence-electron chi connectivity index (χ1n) is 10.1. The van der Waals surface area contributed by atoms with Crippen molar-refractivity contribution in [2.45, 2.75) is 44.0 Å². The van der Waals surface area contributed by atoms with Crippen molar-refractivity contribution in [2.75, 3.05) is 0 Å². The van der Waals surface area contributed by atoms with Crippen LogP contribution >= 0.6 is 46.3 Å². The van der Waals surface area contributed by atoms with E-state index in [4.69, 9.17) is 28.2 Å². The van der Waals surface area contributed by atoms with Gasteiger partial charge in [-0.25, -0.2) is 4.98 Å². The summed E-state index contributed by atoms with van der Waals surface area (Å²) in [6.07, 6.45) is 3.12. The summed E-state index contributed by atoms with van der Waals surface area (Å²) >= 11 is 15.6. The van der Waals surface area contributed by atoms with Crippen LogP contribution in [0.15, 0.2) is 46.3 Å². The van der Waals surface area contributed by atoms with E-state index in [1.807, 2.05) is 31.2 Å². The van der Waals surface area contributed by atoms with Crippen molar-refractivity contribution in [1.29, 1.82) is 0 Å². The summed E-state index contributed by atoms with van der Waals surface area (Å²) in [6.45, 7) is 4.10. The van der Waals surface area contributed by atoms with E-state index in [-0.39, 0.29) is 5.56 Å². The molecule has 2 aromatic carbocycles. The molecule has 2 aromatic heterocycles. The van der Waals surface area contributed by atoms with Crippen LogP contribution in [-0.2, 0) is 18.6 Å². The first-order valence-corrected chi connectivity index (χ1v) is 12.7. The minimum absolute atomic E-state index is 0.0288. The van der Waals surface area contributed by atoms with Gasteiger partial charge >= 0.3 is 0 Å². The van der Waals surface area contributed by atoms with Crippen molar-refractivity contribution in [3.63, 3.8) is 0 Å². The van der Waals surface area contributed by atoms with Crippen molar-refractivity contribution in [3.8, 4) is 5.69 Å². The molecule has 7 heteroatoms. The molecule has 5 rings (SSSR count). The van der Waals surface area contributed by atoms with E-state index in [0.717, 1.165) is 46.3 Å². The van der Waals surface area contributed by atoms with Crippen LogP contribution < -0.4 is 5.56 Å². The molecule has 2 heterocycles. The summed E-state index contributed by atoms with van der Waals surface area (Å²) in [6, 6.07) is 11.7. The fourth-order valence-corrected chi connectivity index (χ4v) is 7.04. The molecule has 0 bridgehead atoms. The minimum Gasteiger partial charge on any atom is -0.268 e. The Labute approximate surface area is 199 Å². The lowest BCUT2D eigenvalue weighted by molar-refractivity contribution is 0.814. The number of hydrogen-bond acceptors (Lipinski definition) is 4. The SMILES string of the molecule is Cc1ccc(-n2c(SCc3ccc(Cl)cc3Cl)nc3sc4c(c3c2=O)CCC4)c(C)c1. The zero-order valence-corrected chi connectivity index (χ0v) is 20.3. The molecule has 1 aliphatic rings. The number of fused-ring (bicyclic) bond motifs is 3. The number of nitrogens with zero attached hydrogens (tertiary/aromatic N) is 2. The Bertz CT molecular complexity index is 1390. The standard InChI is InChI=1S/C24H20Cl2N2OS2/c1-13-6-9-19(14(2)10-13)28-23(29)21-17-4-3-5-20(17)31-22(21)27-24(28)30-12-15-7-8-16(25)11-18(15)26/h6-11H,3-5,12H2,1-2H3. The largest absolute Gasteiger partial charge is 0.268 e. The highest BCUT2D eigenvalue weighted by Gasteiger charge is 2.24. The third kappa shape index (κ3) is 3.82. The summed E-state index contributed by atoms with van der Waals surface area (Å²) in [5.41, 5.74) is 5.30. The van der Waals surface area contributed by atoms with Gasteiger partial charge in [0.2, 0.25) is 0 Å². The van der Waals surface area contributed by atoms with E-state index in [1.165, 1.54) is 27.8 Å². The molecule has 3 nitrogen and oxygen atoms in total. The Morgan fingerprint density at radius 1 is 1.13 bits per heavy atom. The van der Waals surface area contributed by atoms with E-state index >= 15 is 0 Å². The van der Waals surface area contributed by atoms with Gasteiger partial charge in [-0.2, -0.15) is 0 Å². The van der Waals surface area contributed by atoms with Crippen LogP contribution in [0, 0.1) is 13.8 Å². The van der Waals surface area contributed by atoms with E-state index in [0.29, 0.717) is 21.0 Å². The number of aromatic nitrogens is 2. The van der Waals surface area contributed by atoms with Crippen molar-refractivity contribution in [3.05, 3.63) is 83.9 Å². The fraction of sp³-hybridized carbons (Fsp3) is 0.250. The lowest BCUT2D eigenvalue weighted by Gasteiger charge is -2.15. The molecule has 0 atom stereocenters. The molecule has 158 valence electrons. The number of benzene rings is 2. The number of thioether (sulfide) groups is 1. The van der Waals surface area contributed by atoms with Gasteiger partial charge in [-0.3, -0.25) is 9.36 Å². The van der Waals surface area contributed by atoms with Crippen LogP contribution in [0.5, 0.6) is 0 Å². The summed E-state index contributed by atoms with van der Waals surface area (Å²) in [5.74, 6) is 0.601. The maximum Gasteiger partial charge on any atom is 0.267 e. The number of halogens is 2. The van der Waals surface area contributed by atoms with Gasteiger partial charge in [-0.1, -0.05) is 58.7 Å². The van der Waals surface area contributed by atoms with Crippen LogP contribution in [0.4, 0.5) is 0 Å². The predicted molar refractivity (Wildman–Crippen MR) is 133 cm³/mol. The lowest BCUT2D eigenvalue weighted by atomic mass is 10.1. The van der Waals surface area contributed by atoms with Crippen molar-refractivity contribution >= 4 is 56.5 Å². The van der Waals surface area contributed by atoms with Crippen molar-refractivity contribution in [2.24, 2.45) is 0 Å². The summed E-state index contributed by atoms with van der Waals surface area (Å²) in [7, 11) is 0. The number of aryl methyl sites for hydroxylation is 4. The highest BCUT2D eigenvalue weighted by atomic mass is 35.5. The van der Waals surface area contributed by atoms with Gasteiger partial charge in [-0.05, 0) is 68.0 Å². The Balaban J connectivity index is 1.68. The third-order valence-electron chi connectivity index (χ3n) is 5.67. The quantitative estimate of drug-likeness (QED) is 0.226. The lowest BCUT2D eigenvalue weighted by Crippen LogP contribution is -2.22. The summed E-state index contributed by atoms with van der Waals surface area (Å²) in [4.78, 5) is 20.9. The van der Waals surface area contributed by atoms with Crippen molar-refractivity contribution in [1.82, 2.24) is 9.55 Å². The molecule has 0 saturated carbocycles. The zero-order valence-electron chi connectivity index (χ0n) is 17.2. The molecule has 0 amide bonds. The highest BCUT2D eigenvalue weighted by molar-refractivity contribution is 7.98. The van der Waals surface area contributed by atoms with Crippen LogP contribution in [0.25, 0.3) is 15.9 Å². The Morgan fingerprint density at radius 3 is 2.74 bits per heavy atom. The zero-order chi connectivity index (χ0) is 21.7. The van der Waals surface area contributed by atoms with Gasteiger partial charge < -0.3 is 0 Å². The maximum atomic E-state index is 13.8. The molecule has 0 N–H and O–H groups in total. The second kappa shape index (κ2) is 8.28. The average molecular weight is 487 g/mol. The van der Waals surface area contributed by atoms with Gasteiger partial charge in [0.05, 0.1) is 11.1 Å². The van der Waals surface area contributed by atoms with Gasteiger partial charge in [0.1, 0.15) is 4.83 Å². The molecule has 0 saturated heterocycles. The molecule has 4 aromatic rings. The van der Waals surface area contributed by atoms with E-state index in [9.17, 15) is 4.79 Å². The van der Waals surface area contributed by atoms with E-state index in [2.05, 4.69) is 13.0 Å². The normalized spacial score (nSPS) is 13.2. The highest BCUT2D eigenvalue weighted by Crippen LogP contribution is 2.37. The Morgan fingerprint density at radius 2 is 1.97 bits per heavy atom. The smallest absolute Gasteiger partial charge is 0.267 e. The molecule has 0 fully saturated rings. The monoisotopic (exact) mass is 486 g/mol. The second-order valence-electron chi connectivity index (χ2n) is 7.89. The first kappa shape index (κ1) is 21.1. The molecular formula is C24H20Cl2N2OS2. The molecule has 0 radical (unpaired) electrons. The third-order valence-corrected chi connectivity index (χ3v) is 8.43. The second-order valence-corrected chi connectivity index (χ2v) is 10.8. The summed E-state index contributed by atoms with van der Waals surface area (Å²) < 4.78 is 1.79. The molecular weight excluding hydrogens is 467 g/mol. The number of rotatable bonds is 4. The topological polar surface area (TPSA) is 34.9 Å². The van der Waals surface area contributed by atoms with Gasteiger partial charge in [0, 0.05) is 20.7 Å². The molecule has 0 aliphatic heterocycles. The first-order chi connectivity index (χ1) is 14.9. The van der Waals surface area contributed by atoms with Crippen LogP contribution in [-0.4, -0.2) is 9.55 Å². The number of hydrogen-bond donors (Lipinski definition) is 0. The number of thiophene rings is 1. The fourth-order valence-electron chi connectivity index (χ4n) is 4.17. The van der Waals surface area contributed by atoms with E-state index in [1.54, 1.807) is 22.0 Å². The molecule has 0 unspecified atom stereocenters. The average Bonchev–Trinajstić information content (AvgIpc) is 3.29. The predicted octanol–water partition coefficient (Wildman–Crippen LogP) is 7.15. The summed E-state index contributed by atoms with van der Waals surface area (Å²) in [5, 5.41) is 2.72. The molecule has 0 spiro atoms.